The third-order valence-corrected chi connectivity index (χ3v) is 8.19. The van der Waals surface area contributed by atoms with Crippen LogP contribution >= 0.6 is 0 Å². The lowest BCUT2D eigenvalue weighted by atomic mass is 9.87. The smallest absolute Gasteiger partial charge is 0.232 e. The molecule has 2 atom stereocenters. The second-order valence-corrected chi connectivity index (χ2v) is 10.9. The van der Waals surface area contributed by atoms with E-state index >= 15 is 0 Å². The van der Waals surface area contributed by atoms with E-state index in [1.165, 1.54) is 6.42 Å². The second kappa shape index (κ2) is 9.59. The normalized spacial score (nSPS) is 19.5. The first-order valence-electron chi connectivity index (χ1n) is 12.0. The summed E-state index contributed by atoms with van der Waals surface area (Å²) in [5.74, 6) is 0.957. The molecule has 2 aliphatic rings. The molecule has 35 heavy (non-hydrogen) atoms. The zero-order valence-electron chi connectivity index (χ0n) is 19.6. The van der Waals surface area contributed by atoms with Gasteiger partial charge in [0.15, 0.2) is 0 Å². The van der Waals surface area contributed by atoms with Crippen molar-refractivity contribution < 1.29 is 13.2 Å². The molecule has 0 amide bonds. The molecule has 8 heteroatoms. The second-order valence-electron chi connectivity index (χ2n) is 9.08. The molecule has 0 radical (unpaired) electrons. The van der Waals surface area contributed by atoms with Gasteiger partial charge < -0.3 is 9.64 Å². The summed E-state index contributed by atoms with van der Waals surface area (Å²) in [5.41, 5.74) is 3.54. The molecule has 3 aromatic rings. The molecule has 2 aromatic carbocycles. The third kappa shape index (κ3) is 4.69. The van der Waals surface area contributed by atoms with Crippen LogP contribution in [0.4, 0.5) is 11.4 Å². The Morgan fingerprint density at radius 1 is 1.14 bits per heavy atom. The van der Waals surface area contributed by atoms with Crippen molar-refractivity contribution in [1.29, 1.82) is 5.26 Å². The van der Waals surface area contributed by atoms with E-state index < -0.39 is 10.0 Å². The van der Waals surface area contributed by atoms with E-state index in [2.05, 4.69) is 20.7 Å². The van der Waals surface area contributed by atoms with Gasteiger partial charge in [0.25, 0.3) is 0 Å². The lowest BCUT2D eigenvalue weighted by Crippen LogP contribution is -2.41. The lowest BCUT2D eigenvalue weighted by Gasteiger charge is -2.41. The summed E-state index contributed by atoms with van der Waals surface area (Å²) in [6, 6.07) is 21.6. The van der Waals surface area contributed by atoms with E-state index in [9.17, 15) is 13.7 Å². The van der Waals surface area contributed by atoms with Crippen molar-refractivity contribution in [3.63, 3.8) is 0 Å². The van der Waals surface area contributed by atoms with Gasteiger partial charge in [-0.05, 0) is 61.1 Å². The number of pyridine rings is 1. The van der Waals surface area contributed by atoms with Crippen LogP contribution < -0.4 is 14.4 Å². The maximum absolute atomic E-state index is 12.2. The summed E-state index contributed by atoms with van der Waals surface area (Å²) in [5, 5.41) is 10.2. The van der Waals surface area contributed by atoms with E-state index in [1.807, 2.05) is 55.5 Å². The number of nitrogens with one attached hydrogen (secondary N) is 1. The van der Waals surface area contributed by atoms with Crippen molar-refractivity contribution in [3.8, 4) is 17.7 Å². The van der Waals surface area contributed by atoms with E-state index in [-0.39, 0.29) is 17.7 Å². The van der Waals surface area contributed by atoms with Gasteiger partial charge in [0.1, 0.15) is 5.75 Å². The first-order chi connectivity index (χ1) is 17.0. The summed E-state index contributed by atoms with van der Waals surface area (Å²) < 4.78 is 32.9. The number of hydrogen-bond donors (Lipinski definition) is 1. The standard InChI is InChI=1S/C27H28N4O3S/c1-2-16-35(32,33)30-20-11-9-19(10-12-20)27-24(18-28)23-14-13-22(34-26-8-3-4-15-29-26)17-25(23)31(27)21-6-5-7-21/h3-4,8-15,17,21,24,27,30H,2,5-7,16H2,1H3. The average molecular weight is 489 g/mol. The fraction of sp³-hybridized carbons (Fsp3) is 0.333. The largest absolute Gasteiger partial charge is 0.439 e. The van der Waals surface area contributed by atoms with Crippen molar-refractivity contribution in [2.75, 3.05) is 15.4 Å². The van der Waals surface area contributed by atoms with Crippen LogP contribution in [0, 0.1) is 11.3 Å². The van der Waals surface area contributed by atoms with Crippen LogP contribution in [0.3, 0.4) is 0 Å². The molecule has 1 fully saturated rings. The average Bonchev–Trinajstić information content (AvgIpc) is 3.12. The highest BCUT2D eigenvalue weighted by Crippen LogP contribution is 2.53. The van der Waals surface area contributed by atoms with Gasteiger partial charge in [0, 0.05) is 35.7 Å². The summed E-state index contributed by atoms with van der Waals surface area (Å²) in [4.78, 5) is 6.62. The predicted octanol–water partition coefficient (Wildman–Crippen LogP) is 5.75. The molecule has 0 bridgehead atoms. The van der Waals surface area contributed by atoms with Gasteiger partial charge in [0.05, 0.1) is 23.8 Å². The first kappa shape index (κ1) is 23.2. The molecule has 0 saturated heterocycles. The van der Waals surface area contributed by atoms with E-state index in [0.717, 1.165) is 29.7 Å². The minimum Gasteiger partial charge on any atom is -0.439 e. The Morgan fingerprint density at radius 3 is 2.57 bits per heavy atom. The number of fused-ring (bicyclic) bond motifs is 1. The van der Waals surface area contributed by atoms with Gasteiger partial charge in [-0.3, -0.25) is 4.72 Å². The van der Waals surface area contributed by atoms with Crippen LogP contribution in [-0.4, -0.2) is 25.2 Å². The van der Waals surface area contributed by atoms with Crippen molar-refractivity contribution >= 4 is 21.4 Å². The van der Waals surface area contributed by atoms with E-state index in [4.69, 9.17) is 4.74 Å². The zero-order valence-corrected chi connectivity index (χ0v) is 20.4. The number of anilines is 2. The van der Waals surface area contributed by atoms with Crippen LogP contribution in [0.25, 0.3) is 0 Å². The summed E-state index contributed by atoms with van der Waals surface area (Å²) >= 11 is 0. The number of aromatic nitrogens is 1. The molecule has 2 heterocycles. The SMILES string of the molecule is CCCS(=O)(=O)Nc1ccc(C2C(C#N)c3ccc(Oc4ccccn4)cc3N2C2CCC2)cc1. The predicted molar refractivity (Wildman–Crippen MR) is 136 cm³/mol. The molecule has 1 aliphatic carbocycles. The third-order valence-electron chi connectivity index (χ3n) is 6.70. The quantitative estimate of drug-likeness (QED) is 0.434. The minimum atomic E-state index is -3.36. The topological polar surface area (TPSA) is 95.3 Å². The summed E-state index contributed by atoms with van der Waals surface area (Å²) in [7, 11) is -3.36. The van der Waals surface area contributed by atoms with Crippen molar-refractivity contribution in [2.45, 2.75) is 50.6 Å². The molecular weight excluding hydrogens is 460 g/mol. The molecule has 1 aliphatic heterocycles. The molecular formula is C27H28N4O3S. The highest BCUT2D eigenvalue weighted by molar-refractivity contribution is 7.92. The monoisotopic (exact) mass is 488 g/mol. The van der Waals surface area contributed by atoms with Crippen LogP contribution in [0.2, 0.25) is 0 Å². The maximum atomic E-state index is 12.2. The van der Waals surface area contributed by atoms with Gasteiger partial charge in [-0.25, -0.2) is 13.4 Å². The molecule has 7 nitrogen and oxygen atoms in total. The Labute approximate surface area is 206 Å². The first-order valence-corrected chi connectivity index (χ1v) is 13.7. The summed E-state index contributed by atoms with van der Waals surface area (Å²) in [6.45, 7) is 1.84. The summed E-state index contributed by atoms with van der Waals surface area (Å²) in [6.07, 6.45) is 5.57. The van der Waals surface area contributed by atoms with Crippen LogP contribution in [-0.2, 0) is 10.0 Å². The number of benzene rings is 2. The molecule has 1 N–H and O–H groups in total. The van der Waals surface area contributed by atoms with Crippen molar-refractivity contribution in [1.82, 2.24) is 4.98 Å². The Hall–Kier alpha value is -3.57. The fourth-order valence-electron chi connectivity index (χ4n) is 4.91. The van der Waals surface area contributed by atoms with Crippen molar-refractivity contribution in [2.24, 2.45) is 0 Å². The van der Waals surface area contributed by atoms with Crippen molar-refractivity contribution in [3.05, 3.63) is 78.0 Å². The van der Waals surface area contributed by atoms with Crippen LogP contribution in [0.5, 0.6) is 11.6 Å². The molecule has 1 saturated carbocycles. The Kier molecular flexibility index (Phi) is 6.35. The minimum absolute atomic E-state index is 0.0849. The molecule has 2 unspecified atom stereocenters. The maximum Gasteiger partial charge on any atom is 0.232 e. The lowest BCUT2D eigenvalue weighted by molar-refractivity contribution is 0.362. The van der Waals surface area contributed by atoms with Gasteiger partial charge in [-0.2, -0.15) is 5.26 Å². The number of nitrogens with zero attached hydrogens (tertiary/aromatic N) is 3. The number of nitriles is 1. The fourth-order valence-corrected chi connectivity index (χ4v) is 6.05. The molecule has 180 valence electrons. The number of rotatable bonds is 8. The molecule has 5 rings (SSSR count). The Balaban J connectivity index is 1.47. The molecule has 0 spiro atoms. The highest BCUT2D eigenvalue weighted by atomic mass is 32.2. The van der Waals surface area contributed by atoms with Gasteiger partial charge >= 0.3 is 0 Å². The molecule has 1 aromatic heterocycles. The number of ether oxygens (including phenoxy) is 1. The Morgan fingerprint density at radius 2 is 1.94 bits per heavy atom. The number of hydrogen-bond acceptors (Lipinski definition) is 6. The van der Waals surface area contributed by atoms with E-state index in [0.29, 0.717) is 29.8 Å². The highest BCUT2D eigenvalue weighted by Gasteiger charge is 2.44. The van der Waals surface area contributed by atoms with Crippen LogP contribution in [0.1, 0.15) is 55.7 Å². The van der Waals surface area contributed by atoms with Crippen LogP contribution in [0.15, 0.2) is 66.9 Å². The van der Waals surface area contributed by atoms with Gasteiger partial charge in [-0.15, -0.1) is 0 Å². The van der Waals surface area contributed by atoms with E-state index in [1.54, 1.807) is 18.3 Å². The zero-order chi connectivity index (χ0) is 24.4. The van der Waals surface area contributed by atoms with Gasteiger partial charge in [0.2, 0.25) is 15.9 Å². The van der Waals surface area contributed by atoms with Gasteiger partial charge in [-0.1, -0.05) is 31.2 Å². The Bertz CT molecular complexity index is 1330. The number of sulfonamides is 1.